The molecule has 1 rings (SSSR count). The van der Waals surface area contributed by atoms with Crippen LogP contribution in [0.1, 0.15) is 51.9 Å². The number of nitrogen functional groups attached to an aromatic ring is 1. The van der Waals surface area contributed by atoms with E-state index in [1.165, 1.54) is 50.7 Å². The third-order valence-corrected chi connectivity index (χ3v) is 3.62. The number of rotatable bonds is 9. The van der Waals surface area contributed by atoms with Crippen LogP contribution in [-0.4, -0.2) is 6.61 Å². The lowest BCUT2D eigenvalue weighted by Gasteiger charge is -2.11. The molecule has 0 bridgehead atoms. The second-order valence-corrected chi connectivity index (χ2v) is 5.63. The Labute approximate surface area is 123 Å². The number of ether oxygens (including phenoxy) is 1. The highest BCUT2D eigenvalue weighted by molar-refractivity contribution is 9.10. The van der Waals surface area contributed by atoms with Crippen molar-refractivity contribution >= 4 is 21.6 Å². The minimum atomic E-state index is -0.354. The summed E-state index contributed by atoms with van der Waals surface area (Å²) in [6, 6.07) is 2.65. The first-order chi connectivity index (χ1) is 9.15. The molecular formula is C15H23BrFNO. The maximum absolute atomic E-state index is 13.0. The van der Waals surface area contributed by atoms with Crippen molar-refractivity contribution in [2.45, 2.75) is 51.9 Å². The molecule has 0 aliphatic heterocycles. The Morgan fingerprint density at radius 3 is 2.37 bits per heavy atom. The smallest absolute Gasteiger partial charge is 0.156 e. The van der Waals surface area contributed by atoms with Crippen molar-refractivity contribution in [1.29, 1.82) is 0 Å². The second kappa shape index (κ2) is 9.18. The van der Waals surface area contributed by atoms with Gasteiger partial charge in [0, 0.05) is 6.07 Å². The summed E-state index contributed by atoms with van der Waals surface area (Å²) in [6.07, 6.45) is 8.67. The molecule has 2 nitrogen and oxygen atoms in total. The van der Waals surface area contributed by atoms with Crippen LogP contribution < -0.4 is 10.5 Å². The van der Waals surface area contributed by atoms with E-state index in [2.05, 4.69) is 22.9 Å². The lowest BCUT2D eigenvalue weighted by Crippen LogP contribution is -2.01. The maximum atomic E-state index is 13.0. The highest BCUT2D eigenvalue weighted by Gasteiger charge is 2.08. The lowest BCUT2D eigenvalue weighted by molar-refractivity contribution is 0.303. The van der Waals surface area contributed by atoms with Crippen LogP contribution in [0, 0.1) is 5.82 Å². The van der Waals surface area contributed by atoms with Crippen LogP contribution in [0.4, 0.5) is 10.1 Å². The summed E-state index contributed by atoms with van der Waals surface area (Å²) in [6.45, 7) is 2.85. The summed E-state index contributed by atoms with van der Waals surface area (Å²) >= 11 is 3.26. The number of benzene rings is 1. The Kier molecular flexibility index (Phi) is 7.87. The van der Waals surface area contributed by atoms with Gasteiger partial charge in [0.1, 0.15) is 5.82 Å². The molecule has 19 heavy (non-hydrogen) atoms. The van der Waals surface area contributed by atoms with Crippen molar-refractivity contribution in [3.05, 3.63) is 22.4 Å². The van der Waals surface area contributed by atoms with Crippen molar-refractivity contribution in [1.82, 2.24) is 0 Å². The quantitative estimate of drug-likeness (QED) is 0.492. The van der Waals surface area contributed by atoms with Gasteiger partial charge in [-0.2, -0.15) is 0 Å². The fraction of sp³-hybridized carbons (Fsp3) is 0.600. The van der Waals surface area contributed by atoms with Crippen molar-refractivity contribution in [2.75, 3.05) is 12.3 Å². The van der Waals surface area contributed by atoms with E-state index in [1.807, 2.05) is 0 Å². The van der Waals surface area contributed by atoms with Crippen LogP contribution in [0.25, 0.3) is 0 Å². The Hall–Kier alpha value is -0.770. The van der Waals surface area contributed by atoms with E-state index in [9.17, 15) is 4.39 Å². The highest BCUT2D eigenvalue weighted by atomic mass is 79.9. The van der Waals surface area contributed by atoms with Gasteiger partial charge in [0.15, 0.2) is 5.75 Å². The largest absolute Gasteiger partial charge is 0.490 e. The Bertz CT molecular complexity index is 361. The molecule has 0 radical (unpaired) electrons. The highest BCUT2D eigenvalue weighted by Crippen LogP contribution is 2.32. The molecule has 0 aliphatic rings. The molecule has 1 aromatic carbocycles. The van der Waals surface area contributed by atoms with Gasteiger partial charge in [-0.3, -0.25) is 0 Å². The van der Waals surface area contributed by atoms with E-state index in [1.54, 1.807) is 0 Å². The zero-order valence-electron chi connectivity index (χ0n) is 11.6. The van der Waals surface area contributed by atoms with Crippen LogP contribution in [-0.2, 0) is 0 Å². The summed E-state index contributed by atoms with van der Waals surface area (Å²) in [7, 11) is 0. The summed E-state index contributed by atoms with van der Waals surface area (Å²) in [5.41, 5.74) is 6.07. The molecular weight excluding hydrogens is 309 g/mol. The third kappa shape index (κ3) is 6.28. The Balaban J connectivity index is 2.19. The van der Waals surface area contributed by atoms with Gasteiger partial charge in [0.05, 0.1) is 16.8 Å². The lowest BCUT2D eigenvalue weighted by atomic mass is 10.1. The van der Waals surface area contributed by atoms with Crippen LogP contribution in [0.2, 0.25) is 0 Å². The van der Waals surface area contributed by atoms with E-state index in [4.69, 9.17) is 10.5 Å². The average Bonchev–Trinajstić information content (AvgIpc) is 2.35. The van der Waals surface area contributed by atoms with E-state index in [0.29, 0.717) is 22.5 Å². The van der Waals surface area contributed by atoms with Crippen molar-refractivity contribution in [2.24, 2.45) is 0 Å². The predicted molar refractivity (Wildman–Crippen MR) is 82.0 cm³/mol. The Morgan fingerprint density at radius 1 is 1.11 bits per heavy atom. The minimum Gasteiger partial charge on any atom is -0.490 e. The number of halogens is 2. The number of nitrogens with two attached hydrogens (primary N) is 1. The van der Waals surface area contributed by atoms with Crippen LogP contribution in [0.3, 0.4) is 0 Å². The molecule has 1 aromatic rings. The summed E-state index contributed by atoms with van der Waals surface area (Å²) in [4.78, 5) is 0. The zero-order valence-corrected chi connectivity index (χ0v) is 13.1. The SMILES string of the molecule is CCCCCCCCCOc1c(N)cc(F)cc1Br. The first kappa shape index (κ1) is 16.3. The van der Waals surface area contributed by atoms with Gasteiger partial charge in [-0.1, -0.05) is 45.4 Å². The van der Waals surface area contributed by atoms with Crippen molar-refractivity contribution in [3.63, 3.8) is 0 Å². The van der Waals surface area contributed by atoms with Gasteiger partial charge in [-0.25, -0.2) is 4.39 Å². The third-order valence-electron chi connectivity index (χ3n) is 3.03. The first-order valence-corrected chi connectivity index (χ1v) is 7.81. The Morgan fingerprint density at radius 2 is 1.74 bits per heavy atom. The molecule has 108 valence electrons. The average molecular weight is 332 g/mol. The molecule has 0 unspecified atom stereocenters. The van der Waals surface area contributed by atoms with Gasteiger partial charge >= 0.3 is 0 Å². The van der Waals surface area contributed by atoms with Crippen LogP contribution >= 0.6 is 15.9 Å². The van der Waals surface area contributed by atoms with Crippen molar-refractivity contribution < 1.29 is 9.13 Å². The molecule has 0 spiro atoms. The van der Waals surface area contributed by atoms with Crippen LogP contribution in [0.15, 0.2) is 16.6 Å². The maximum Gasteiger partial charge on any atom is 0.156 e. The van der Waals surface area contributed by atoms with E-state index in [-0.39, 0.29) is 5.82 Å². The number of hydrogen-bond acceptors (Lipinski definition) is 2. The standard InChI is InChI=1S/C15H23BrFNO/c1-2-3-4-5-6-7-8-9-19-15-13(16)10-12(17)11-14(15)18/h10-11H,2-9,18H2,1H3. The molecule has 0 heterocycles. The predicted octanol–water partition coefficient (Wildman–Crippen LogP) is 5.30. The molecule has 0 saturated heterocycles. The van der Waals surface area contributed by atoms with E-state index in [0.717, 1.165) is 6.42 Å². The van der Waals surface area contributed by atoms with Gasteiger partial charge in [0.25, 0.3) is 0 Å². The molecule has 0 amide bonds. The fourth-order valence-electron chi connectivity index (χ4n) is 1.97. The summed E-state index contributed by atoms with van der Waals surface area (Å²) in [5, 5.41) is 0. The molecule has 0 fully saturated rings. The molecule has 0 atom stereocenters. The number of unbranched alkanes of at least 4 members (excludes halogenated alkanes) is 6. The summed E-state index contributed by atoms with van der Waals surface area (Å²) < 4.78 is 19.2. The first-order valence-electron chi connectivity index (χ1n) is 7.02. The van der Waals surface area contributed by atoms with Gasteiger partial charge in [-0.05, 0) is 28.4 Å². The monoisotopic (exact) mass is 331 g/mol. The summed E-state index contributed by atoms with van der Waals surface area (Å²) in [5.74, 6) is 0.194. The fourth-order valence-corrected chi connectivity index (χ4v) is 2.53. The second-order valence-electron chi connectivity index (χ2n) is 4.78. The topological polar surface area (TPSA) is 35.2 Å². The van der Waals surface area contributed by atoms with Gasteiger partial charge in [0.2, 0.25) is 0 Å². The molecule has 2 N–H and O–H groups in total. The minimum absolute atomic E-state index is 0.342. The molecule has 0 saturated carbocycles. The molecule has 4 heteroatoms. The van der Waals surface area contributed by atoms with Crippen LogP contribution in [0.5, 0.6) is 5.75 Å². The molecule has 0 aliphatic carbocycles. The molecule has 0 aromatic heterocycles. The van der Waals surface area contributed by atoms with Crippen molar-refractivity contribution in [3.8, 4) is 5.75 Å². The normalized spacial score (nSPS) is 10.7. The van der Waals surface area contributed by atoms with Gasteiger partial charge in [-0.15, -0.1) is 0 Å². The zero-order chi connectivity index (χ0) is 14.1. The number of anilines is 1. The van der Waals surface area contributed by atoms with Gasteiger partial charge < -0.3 is 10.5 Å². The number of hydrogen-bond donors (Lipinski definition) is 1. The van der Waals surface area contributed by atoms with E-state index >= 15 is 0 Å². The van der Waals surface area contributed by atoms with E-state index < -0.39 is 0 Å².